The van der Waals surface area contributed by atoms with Crippen LogP contribution in [0.1, 0.15) is 31.8 Å². The molecular weight excluding hydrogens is 414 g/mol. The fraction of sp³-hybridized carbons (Fsp3) is 0.125. The van der Waals surface area contributed by atoms with E-state index in [1.807, 2.05) is 24.3 Å². The Balaban J connectivity index is 1.77. The summed E-state index contributed by atoms with van der Waals surface area (Å²) in [6.07, 6.45) is 0. The van der Waals surface area contributed by atoms with Gasteiger partial charge in [-0.05, 0) is 0 Å². The predicted molar refractivity (Wildman–Crippen MR) is 85.7 cm³/mol. The number of carboxylic acid groups (broad SMARTS) is 2. The molecule has 6 heteroatoms. The van der Waals surface area contributed by atoms with Gasteiger partial charge in [0.2, 0.25) is 0 Å². The van der Waals surface area contributed by atoms with Crippen LogP contribution in [-0.2, 0) is 10.6 Å². The Morgan fingerprint density at radius 1 is 0.682 bits per heavy atom. The summed E-state index contributed by atoms with van der Waals surface area (Å²) in [7, 11) is 0. The van der Waals surface area contributed by atoms with Crippen molar-refractivity contribution in [3.05, 3.63) is 70.8 Å². The van der Waals surface area contributed by atoms with Crippen molar-refractivity contribution < 1.29 is 19.8 Å². The number of benzene rings is 2. The summed E-state index contributed by atoms with van der Waals surface area (Å²) in [4.78, 5) is 21.5. The van der Waals surface area contributed by atoms with Crippen LogP contribution >= 0.6 is 0 Å². The molecule has 0 bridgehead atoms. The van der Waals surface area contributed by atoms with Crippen molar-refractivity contribution in [3.8, 4) is 0 Å². The second kappa shape index (κ2) is 8.16. The summed E-state index contributed by atoms with van der Waals surface area (Å²) in [5, 5.41) is 19.7. The van der Waals surface area contributed by atoms with Crippen molar-refractivity contribution in [3.63, 3.8) is 0 Å². The molecule has 2 N–H and O–H groups in total. The molecule has 22 heavy (non-hydrogen) atoms. The van der Waals surface area contributed by atoms with Gasteiger partial charge in [0.1, 0.15) is 0 Å². The normalized spacial score (nSPS) is 10.4. The van der Waals surface area contributed by atoms with Crippen molar-refractivity contribution in [2.45, 2.75) is 10.6 Å². The van der Waals surface area contributed by atoms with E-state index in [0.29, 0.717) is 37.4 Å². The van der Waals surface area contributed by atoms with Crippen molar-refractivity contribution >= 4 is 38.2 Å². The zero-order valence-electron chi connectivity index (χ0n) is 11.6. The first kappa shape index (κ1) is 16.8. The molecule has 2 aromatic rings. The standard InChI is InChI=1S/C16H14O4Se2/c17-15(18)13-5-1-11(2-6-13)9-21-22-10-12-3-7-14(8-4-12)16(19)20/h1-8H,9-10H2,(H,17,18)(H,19,20). The third-order valence-electron chi connectivity index (χ3n) is 2.94. The van der Waals surface area contributed by atoms with Crippen LogP contribution in [0.5, 0.6) is 0 Å². The quantitative estimate of drug-likeness (QED) is 0.524. The molecule has 0 heterocycles. The minimum atomic E-state index is -0.897. The van der Waals surface area contributed by atoms with Crippen molar-refractivity contribution in [1.82, 2.24) is 0 Å². The van der Waals surface area contributed by atoms with E-state index in [1.165, 1.54) is 11.1 Å². The van der Waals surface area contributed by atoms with Gasteiger partial charge >= 0.3 is 139 Å². The summed E-state index contributed by atoms with van der Waals surface area (Å²) in [5.41, 5.74) is 2.99. The van der Waals surface area contributed by atoms with Crippen LogP contribution in [0.3, 0.4) is 0 Å². The molecule has 0 aliphatic heterocycles. The van der Waals surface area contributed by atoms with Crippen LogP contribution in [0, 0.1) is 0 Å². The van der Waals surface area contributed by atoms with E-state index < -0.39 is 11.9 Å². The molecule has 2 rings (SSSR count). The summed E-state index contributed by atoms with van der Waals surface area (Å²) in [5.74, 6) is -1.79. The van der Waals surface area contributed by atoms with Crippen LogP contribution in [0.15, 0.2) is 48.5 Å². The van der Waals surface area contributed by atoms with Crippen LogP contribution < -0.4 is 0 Å². The Bertz CT molecular complexity index is 591. The Morgan fingerprint density at radius 2 is 1.00 bits per heavy atom. The van der Waals surface area contributed by atoms with E-state index in [9.17, 15) is 9.59 Å². The van der Waals surface area contributed by atoms with Gasteiger partial charge < -0.3 is 0 Å². The number of hydrogen-bond donors (Lipinski definition) is 2. The molecular formula is C16H14O4Se2. The average Bonchev–Trinajstić information content (AvgIpc) is 2.52. The van der Waals surface area contributed by atoms with E-state index in [4.69, 9.17) is 10.2 Å². The van der Waals surface area contributed by atoms with Crippen LogP contribution in [0.25, 0.3) is 0 Å². The van der Waals surface area contributed by atoms with Gasteiger partial charge in [0.15, 0.2) is 0 Å². The fourth-order valence-corrected chi connectivity index (χ4v) is 8.22. The summed E-state index contributed by atoms with van der Waals surface area (Å²) >= 11 is 1.01. The molecule has 0 aliphatic rings. The molecule has 0 radical (unpaired) electrons. The second-order valence-corrected chi connectivity index (χ2v) is 11.9. The molecule has 0 saturated carbocycles. The summed E-state index contributed by atoms with van der Waals surface area (Å²) in [6.45, 7) is 0. The first-order valence-corrected chi connectivity index (χ1v) is 13.2. The second-order valence-electron chi connectivity index (χ2n) is 4.53. The predicted octanol–water partition coefficient (Wildman–Crippen LogP) is 2.11. The van der Waals surface area contributed by atoms with Gasteiger partial charge in [-0.15, -0.1) is 0 Å². The molecule has 0 spiro atoms. The maximum atomic E-state index is 10.8. The van der Waals surface area contributed by atoms with Gasteiger partial charge in [-0.2, -0.15) is 0 Å². The molecule has 2 aromatic carbocycles. The van der Waals surface area contributed by atoms with Crippen LogP contribution in [0.2, 0.25) is 0 Å². The first-order chi connectivity index (χ1) is 10.6. The van der Waals surface area contributed by atoms with E-state index in [0.717, 1.165) is 10.6 Å². The number of hydrogen-bond acceptors (Lipinski definition) is 2. The van der Waals surface area contributed by atoms with Crippen molar-refractivity contribution in [2.24, 2.45) is 0 Å². The van der Waals surface area contributed by atoms with Gasteiger partial charge in [-0.1, -0.05) is 0 Å². The van der Waals surface area contributed by atoms with E-state index in [-0.39, 0.29) is 0 Å². The fourth-order valence-electron chi connectivity index (χ4n) is 1.71. The maximum absolute atomic E-state index is 10.8. The van der Waals surface area contributed by atoms with Gasteiger partial charge in [-0.25, -0.2) is 0 Å². The van der Waals surface area contributed by atoms with Crippen LogP contribution in [0.4, 0.5) is 0 Å². The molecule has 0 unspecified atom stereocenters. The van der Waals surface area contributed by atoms with Gasteiger partial charge in [0, 0.05) is 0 Å². The molecule has 0 aliphatic carbocycles. The molecule has 114 valence electrons. The Hall–Kier alpha value is -1.58. The Kier molecular flexibility index (Phi) is 6.22. The van der Waals surface area contributed by atoms with E-state index >= 15 is 0 Å². The molecule has 0 atom stereocenters. The molecule has 0 aromatic heterocycles. The van der Waals surface area contributed by atoms with Gasteiger partial charge in [0.05, 0.1) is 0 Å². The van der Waals surface area contributed by atoms with Crippen LogP contribution in [-0.4, -0.2) is 48.4 Å². The number of carboxylic acids is 2. The summed E-state index contributed by atoms with van der Waals surface area (Å²) < 4.78 is 0. The average molecular weight is 428 g/mol. The zero-order valence-corrected chi connectivity index (χ0v) is 15.0. The van der Waals surface area contributed by atoms with Crippen molar-refractivity contribution in [1.29, 1.82) is 0 Å². The van der Waals surface area contributed by atoms with Crippen molar-refractivity contribution in [2.75, 3.05) is 0 Å². The topological polar surface area (TPSA) is 74.6 Å². The molecule has 0 saturated heterocycles. The molecule has 0 fully saturated rings. The SMILES string of the molecule is O=C(O)c1ccc(C[Se][Se]Cc2ccc(C(=O)O)cc2)cc1. The minimum absolute atomic E-state index is 0.320. The number of carbonyl (C=O) groups is 2. The number of aromatic carboxylic acids is 2. The third-order valence-corrected chi connectivity index (χ3v) is 9.57. The Labute approximate surface area is 139 Å². The van der Waals surface area contributed by atoms with E-state index in [1.54, 1.807) is 24.3 Å². The van der Waals surface area contributed by atoms with E-state index in [2.05, 4.69) is 0 Å². The molecule has 4 nitrogen and oxygen atoms in total. The van der Waals surface area contributed by atoms with Gasteiger partial charge in [-0.3, -0.25) is 0 Å². The zero-order chi connectivity index (χ0) is 15.9. The third kappa shape index (κ3) is 5.00. The summed E-state index contributed by atoms with van der Waals surface area (Å²) in [6, 6.07) is 14.1. The Morgan fingerprint density at radius 3 is 1.27 bits per heavy atom. The monoisotopic (exact) mass is 430 g/mol. The molecule has 0 amide bonds. The number of rotatable bonds is 7. The van der Waals surface area contributed by atoms with Gasteiger partial charge in [0.25, 0.3) is 0 Å². The first-order valence-electron chi connectivity index (χ1n) is 6.45.